The van der Waals surface area contributed by atoms with Gasteiger partial charge in [-0.15, -0.1) is 0 Å². The molecule has 0 unspecified atom stereocenters. The van der Waals surface area contributed by atoms with Gasteiger partial charge in [0.05, 0.1) is 0 Å². The number of piperidine rings is 1. The number of anilines is 1. The topological polar surface area (TPSA) is 26.8 Å². The van der Waals surface area contributed by atoms with Gasteiger partial charge in [0.25, 0.3) is 0 Å². The van der Waals surface area contributed by atoms with Crippen LogP contribution in [0.1, 0.15) is 24.0 Å². The molecule has 0 aliphatic carbocycles. The van der Waals surface area contributed by atoms with Crippen LogP contribution in [0.25, 0.3) is 0 Å². The molecule has 2 aromatic carbocycles. The summed E-state index contributed by atoms with van der Waals surface area (Å²) in [6.07, 6.45) is 1.70. The Bertz CT molecular complexity index is 890. The fourth-order valence-electron chi connectivity index (χ4n) is 4.55. The number of likely N-dealkylation sites (tertiary alicyclic amines) is 1. The van der Waals surface area contributed by atoms with Gasteiger partial charge in [0.2, 0.25) is 5.91 Å². The maximum absolute atomic E-state index is 13.9. The molecule has 0 atom stereocenters. The van der Waals surface area contributed by atoms with Crippen LogP contribution >= 0.6 is 11.6 Å². The number of halogens is 2. The van der Waals surface area contributed by atoms with Crippen LogP contribution in [0.4, 0.5) is 10.1 Å². The quantitative estimate of drug-likeness (QED) is 0.723. The number of hydrogen-bond acceptors (Lipinski definition) is 3. The zero-order valence-electron chi connectivity index (χ0n) is 17.5. The van der Waals surface area contributed by atoms with Gasteiger partial charge < -0.3 is 9.80 Å². The molecule has 160 valence electrons. The fourth-order valence-corrected chi connectivity index (χ4v) is 4.72. The van der Waals surface area contributed by atoms with Gasteiger partial charge in [-0.25, -0.2) is 4.39 Å². The highest BCUT2D eigenvalue weighted by Crippen LogP contribution is 2.27. The number of carbonyl (C=O) groups is 1. The van der Waals surface area contributed by atoms with Crippen molar-refractivity contribution in [1.29, 1.82) is 0 Å². The van der Waals surface area contributed by atoms with Gasteiger partial charge in [0.1, 0.15) is 5.82 Å². The van der Waals surface area contributed by atoms with Crippen molar-refractivity contribution in [2.75, 3.05) is 44.2 Å². The van der Waals surface area contributed by atoms with E-state index in [-0.39, 0.29) is 17.6 Å². The molecule has 4 nitrogen and oxygen atoms in total. The molecule has 4 rings (SSSR count). The van der Waals surface area contributed by atoms with Gasteiger partial charge in [0.15, 0.2) is 0 Å². The first-order valence-corrected chi connectivity index (χ1v) is 11.1. The Hall–Kier alpha value is -2.11. The third kappa shape index (κ3) is 4.79. The first-order chi connectivity index (χ1) is 14.5. The van der Waals surface area contributed by atoms with E-state index in [0.717, 1.165) is 68.4 Å². The highest BCUT2D eigenvalue weighted by Gasteiger charge is 2.30. The number of aryl methyl sites for hydroxylation is 1. The molecule has 1 amide bonds. The Morgan fingerprint density at radius 3 is 2.43 bits per heavy atom. The molecule has 2 fully saturated rings. The Balaban J connectivity index is 1.27. The molecule has 0 bridgehead atoms. The van der Waals surface area contributed by atoms with E-state index in [1.54, 1.807) is 6.07 Å². The maximum atomic E-state index is 13.9. The second kappa shape index (κ2) is 9.36. The molecule has 0 radical (unpaired) electrons. The Morgan fingerprint density at radius 1 is 1.03 bits per heavy atom. The lowest BCUT2D eigenvalue weighted by Gasteiger charge is -2.39. The van der Waals surface area contributed by atoms with Crippen molar-refractivity contribution in [3.8, 4) is 0 Å². The summed E-state index contributed by atoms with van der Waals surface area (Å²) in [4.78, 5) is 19.6. The van der Waals surface area contributed by atoms with E-state index in [1.807, 2.05) is 35.2 Å². The molecule has 2 heterocycles. The highest BCUT2D eigenvalue weighted by molar-refractivity contribution is 6.30. The van der Waals surface area contributed by atoms with Crippen molar-refractivity contribution in [3.05, 3.63) is 64.4 Å². The lowest BCUT2D eigenvalue weighted by molar-refractivity contribution is -0.137. The predicted molar refractivity (Wildman–Crippen MR) is 119 cm³/mol. The van der Waals surface area contributed by atoms with Crippen LogP contribution in [0.15, 0.2) is 42.5 Å². The van der Waals surface area contributed by atoms with Crippen LogP contribution in [-0.4, -0.2) is 55.0 Å². The van der Waals surface area contributed by atoms with Crippen molar-refractivity contribution in [1.82, 2.24) is 9.80 Å². The molecule has 0 N–H and O–H groups in total. The van der Waals surface area contributed by atoms with E-state index in [2.05, 4.69) is 16.7 Å². The summed E-state index contributed by atoms with van der Waals surface area (Å²) in [5.41, 5.74) is 3.10. The molecular weight excluding hydrogens is 401 g/mol. The summed E-state index contributed by atoms with van der Waals surface area (Å²) in [5.74, 6) is 0.216. The minimum Gasteiger partial charge on any atom is -0.368 e. The summed E-state index contributed by atoms with van der Waals surface area (Å²) in [6, 6.07) is 12.9. The molecule has 0 aromatic heterocycles. The van der Waals surface area contributed by atoms with Crippen molar-refractivity contribution in [2.45, 2.75) is 26.3 Å². The van der Waals surface area contributed by atoms with Gasteiger partial charge in [0, 0.05) is 54.9 Å². The van der Waals surface area contributed by atoms with E-state index in [0.29, 0.717) is 6.54 Å². The third-order valence-corrected chi connectivity index (χ3v) is 6.63. The monoisotopic (exact) mass is 429 g/mol. The number of hydrogen-bond donors (Lipinski definition) is 0. The zero-order valence-corrected chi connectivity index (χ0v) is 18.2. The summed E-state index contributed by atoms with van der Waals surface area (Å²) >= 11 is 6.17. The summed E-state index contributed by atoms with van der Waals surface area (Å²) < 4.78 is 13.9. The number of amides is 1. The minimum absolute atomic E-state index is 0.0846. The SMILES string of the molecule is Cc1ccc(Cl)cc1N1CCN(C(=O)C2CCN(Cc3ccccc3F)CC2)CC1. The van der Waals surface area contributed by atoms with Crippen molar-refractivity contribution in [2.24, 2.45) is 5.92 Å². The standard InChI is InChI=1S/C24H29ClFN3O/c1-18-6-7-21(25)16-23(18)28-12-14-29(15-13-28)24(30)19-8-10-27(11-9-19)17-20-4-2-3-5-22(20)26/h2-7,16,19H,8-15,17H2,1H3. The van der Waals surface area contributed by atoms with Crippen LogP contribution in [0.3, 0.4) is 0 Å². The minimum atomic E-state index is -0.150. The maximum Gasteiger partial charge on any atom is 0.225 e. The van der Waals surface area contributed by atoms with Crippen LogP contribution in [0.5, 0.6) is 0 Å². The highest BCUT2D eigenvalue weighted by atomic mass is 35.5. The predicted octanol–water partition coefficient (Wildman–Crippen LogP) is 4.35. The molecule has 2 aromatic rings. The second-order valence-electron chi connectivity index (χ2n) is 8.38. The van der Waals surface area contributed by atoms with Gasteiger partial charge >= 0.3 is 0 Å². The average molecular weight is 430 g/mol. The third-order valence-electron chi connectivity index (χ3n) is 6.39. The molecule has 0 saturated carbocycles. The van der Waals surface area contributed by atoms with Crippen molar-refractivity contribution in [3.63, 3.8) is 0 Å². The van der Waals surface area contributed by atoms with Crippen LogP contribution in [0, 0.1) is 18.7 Å². The first kappa shape index (κ1) is 21.1. The normalized spacial score (nSPS) is 18.6. The van der Waals surface area contributed by atoms with E-state index in [9.17, 15) is 9.18 Å². The summed E-state index contributed by atoms with van der Waals surface area (Å²) in [6.45, 7) is 7.56. The molecule has 2 aliphatic heterocycles. The van der Waals surface area contributed by atoms with Crippen LogP contribution in [0.2, 0.25) is 5.02 Å². The summed E-state index contributed by atoms with van der Waals surface area (Å²) in [7, 11) is 0. The smallest absolute Gasteiger partial charge is 0.225 e. The largest absolute Gasteiger partial charge is 0.368 e. The van der Waals surface area contributed by atoms with Crippen LogP contribution < -0.4 is 4.90 Å². The van der Waals surface area contributed by atoms with Gasteiger partial charge in [-0.3, -0.25) is 9.69 Å². The molecule has 30 heavy (non-hydrogen) atoms. The lowest BCUT2D eigenvalue weighted by Crippen LogP contribution is -2.51. The number of carbonyl (C=O) groups excluding carboxylic acids is 1. The fraction of sp³-hybridized carbons (Fsp3) is 0.458. The Kier molecular flexibility index (Phi) is 6.59. The van der Waals surface area contributed by atoms with Crippen molar-refractivity contribution < 1.29 is 9.18 Å². The van der Waals surface area contributed by atoms with E-state index in [1.165, 1.54) is 11.6 Å². The summed E-state index contributed by atoms with van der Waals surface area (Å²) in [5, 5.41) is 0.747. The molecule has 2 aliphatic rings. The zero-order chi connectivity index (χ0) is 21.1. The van der Waals surface area contributed by atoms with E-state index in [4.69, 9.17) is 11.6 Å². The first-order valence-electron chi connectivity index (χ1n) is 10.8. The number of piperazine rings is 1. The van der Waals surface area contributed by atoms with E-state index < -0.39 is 0 Å². The van der Waals surface area contributed by atoms with Gasteiger partial charge in [-0.05, 0) is 56.6 Å². The number of benzene rings is 2. The molecule has 0 spiro atoms. The van der Waals surface area contributed by atoms with Gasteiger partial charge in [-0.1, -0.05) is 35.9 Å². The van der Waals surface area contributed by atoms with Crippen molar-refractivity contribution >= 4 is 23.2 Å². The Labute approximate surface area is 183 Å². The number of nitrogens with zero attached hydrogens (tertiary/aromatic N) is 3. The molecule has 6 heteroatoms. The number of rotatable bonds is 4. The Morgan fingerprint density at radius 2 is 1.73 bits per heavy atom. The second-order valence-corrected chi connectivity index (χ2v) is 8.82. The van der Waals surface area contributed by atoms with Crippen LogP contribution in [-0.2, 0) is 11.3 Å². The molecular formula is C24H29ClFN3O. The van der Waals surface area contributed by atoms with E-state index >= 15 is 0 Å². The van der Waals surface area contributed by atoms with Gasteiger partial charge in [-0.2, -0.15) is 0 Å². The molecule has 2 saturated heterocycles. The average Bonchev–Trinajstić information content (AvgIpc) is 2.77. The lowest BCUT2D eigenvalue weighted by atomic mass is 9.94.